The van der Waals surface area contributed by atoms with Gasteiger partial charge >= 0.3 is 0 Å². The second kappa shape index (κ2) is 40.7. The highest BCUT2D eigenvalue weighted by Gasteiger charge is 2.29. The Kier molecular flexibility index (Phi) is 38.2. The summed E-state index contributed by atoms with van der Waals surface area (Å²) in [6.45, 7) is 12.5. The number of rotatable bonds is 42. The summed E-state index contributed by atoms with van der Waals surface area (Å²) in [5, 5.41) is 27.4. The second-order valence-corrected chi connectivity index (χ2v) is 18.8. The van der Waals surface area contributed by atoms with Crippen molar-refractivity contribution in [2.45, 2.75) is 245 Å². The lowest BCUT2D eigenvalue weighted by Crippen LogP contribution is -2.59. The van der Waals surface area contributed by atoms with Gasteiger partial charge in [-0.3, -0.25) is 19.4 Å². The van der Waals surface area contributed by atoms with Crippen molar-refractivity contribution >= 4 is 11.8 Å². The minimum Gasteiger partial charge on any atom is -0.392 e. The van der Waals surface area contributed by atoms with Gasteiger partial charge in [-0.1, -0.05) is 142 Å². The SMILES string of the molecule is CCCCCCCCC=CCCCCCC(CC(=O)NC(CC)N1CCN(C(CC)NC(=O)CC(CCCCCC=CCCCCCCCC)CC(O)CN)CC1)CC(O)CN. The predicted octanol–water partition coefficient (Wildman–Crippen LogP) is 10.3. The summed E-state index contributed by atoms with van der Waals surface area (Å²) < 4.78 is 0. The predicted molar refractivity (Wildman–Crippen MR) is 264 cm³/mol. The highest BCUT2D eigenvalue weighted by atomic mass is 16.3. The maximum Gasteiger partial charge on any atom is 0.221 e. The third-order valence-corrected chi connectivity index (χ3v) is 13.1. The molecule has 0 saturated carbocycles. The van der Waals surface area contributed by atoms with E-state index < -0.39 is 12.2 Å². The molecule has 1 fully saturated rings. The molecule has 1 saturated heterocycles. The van der Waals surface area contributed by atoms with Crippen molar-refractivity contribution in [3.63, 3.8) is 0 Å². The number of aliphatic hydroxyl groups is 2. The molecule has 0 bridgehead atoms. The molecule has 0 aromatic carbocycles. The maximum absolute atomic E-state index is 13.4. The number of amides is 2. The van der Waals surface area contributed by atoms with E-state index in [4.69, 9.17) is 11.5 Å². The highest BCUT2D eigenvalue weighted by Crippen LogP contribution is 2.23. The van der Waals surface area contributed by atoms with Gasteiger partial charge in [0.25, 0.3) is 0 Å². The zero-order valence-electron chi connectivity index (χ0n) is 41.0. The van der Waals surface area contributed by atoms with E-state index in [1.54, 1.807) is 0 Å². The quantitative estimate of drug-likeness (QED) is 0.0261. The minimum atomic E-state index is -0.579. The second-order valence-electron chi connectivity index (χ2n) is 18.8. The molecule has 10 nitrogen and oxygen atoms in total. The first-order valence-corrected chi connectivity index (χ1v) is 26.3. The van der Waals surface area contributed by atoms with E-state index in [-0.39, 0.29) is 49.1 Å². The molecule has 364 valence electrons. The number of carbonyl (C=O) groups is 2. The smallest absolute Gasteiger partial charge is 0.221 e. The zero-order chi connectivity index (χ0) is 45.5. The van der Waals surface area contributed by atoms with Gasteiger partial charge in [-0.15, -0.1) is 0 Å². The normalized spacial score (nSPS) is 17.0. The monoisotopic (exact) mass is 875 g/mol. The van der Waals surface area contributed by atoms with E-state index in [1.165, 1.54) is 89.9 Å². The van der Waals surface area contributed by atoms with Gasteiger partial charge in [-0.05, 0) is 102 Å². The molecule has 0 aromatic rings. The number of piperazine rings is 1. The lowest BCUT2D eigenvalue weighted by molar-refractivity contribution is -0.126. The summed E-state index contributed by atoms with van der Waals surface area (Å²) in [5.74, 6) is 0.333. The topological polar surface area (TPSA) is 157 Å². The van der Waals surface area contributed by atoms with Crippen molar-refractivity contribution in [3.8, 4) is 0 Å². The first-order chi connectivity index (χ1) is 30.2. The van der Waals surface area contributed by atoms with Crippen LogP contribution in [0.3, 0.4) is 0 Å². The Hall–Kier alpha value is -1.82. The van der Waals surface area contributed by atoms with Crippen LogP contribution < -0.4 is 22.1 Å². The van der Waals surface area contributed by atoms with Gasteiger partial charge < -0.3 is 32.3 Å². The first kappa shape index (κ1) is 58.2. The molecule has 8 N–H and O–H groups in total. The summed E-state index contributed by atoms with van der Waals surface area (Å²) >= 11 is 0. The van der Waals surface area contributed by atoms with Gasteiger partial charge in [-0.25, -0.2) is 0 Å². The van der Waals surface area contributed by atoms with Gasteiger partial charge in [0.1, 0.15) is 0 Å². The Morgan fingerprint density at radius 1 is 0.500 bits per heavy atom. The van der Waals surface area contributed by atoms with Crippen LogP contribution in [-0.4, -0.2) is 95.6 Å². The minimum absolute atomic E-state index is 0.0432. The van der Waals surface area contributed by atoms with Crippen LogP contribution in [0.5, 0.6) is 0 Å². The number of unbranched alkanes of at least 4 members (excludes halogenated alkanes) is 18. The lowest BCUT2D eigenvalue weighted by atomic mass is 9.91. The standard InChI is InChI=1S/C52H102N6O4/c1-5-9-11-13-15-17-19-21-23-25-27-29-31-33-45(39-47(59)43-53)41-51(61)55-49(7-3)57-35-37-58(38-36-57)50(8-4)56-52(62)42-46(40-48(60)44-54)34-32-30-28-26-24-22-20-18-16-14-12-10-6-2/h21-24,45-50,59-60H,5-20,25-44,53-54H2,1-4H3,(H,55,61)(H,56,62). The van der Waals surface area contributed by atoms with Crippen LogP contribution in [0.25, 0.3) is 0 Å². The van der Waals surface area contributed by atoms with Crippen molar-refractivity contribution in [1.82, 2.24) is 20.4 Å². The Balaban J connectivity index is 2.50. The average molecular weight is 875 g/mol. The number of allylic oxidation sites excluding steroid dienone is 4. The molecule has 0 spiro atoms. The van der Waals surface area contributed by atoms with Crippen LogP contribution in [0, 0.1) is 11.8 Å². The Labute approximate surface area is 382 Å². The number of nitrogens with two attached hydrogens (primary N) is 2. The number of carbonyl (C=O) groups excluding carboxylic acids is 2. The molecule has 1 rings (SSSR count). The molecule has 0 aromatic heterocycles. The van der Waals surface area contributed by atoms with Gasteiger partial charge in [0.05, 0.1) is 24.5 Å². The molecule has 1 aliphatic heterocycles. The molecule has 1 aliphatic rings. The first-order valence-electron chi connectivity index (χ1n) is 26.3. The van der Waals surface area contributed by atoms with Gasteiger partial charge in [-0.2, -0.15) is 0 Å². The van der Waals surface area contributed by atoms with E-state index in [0.29, 0.717) is 25.7 Å². The summed E-state index contributed by atoms with van der Waals surface area (Å²) in [6.07, 6.45) is 40.9. The van der Waals surface area contributed by atoms with Gasteiger partial charge in [0.15, 0.2) is 0 Å². The van der Waals surface area contributed by atoms with Crippen LogP contribution in [0.4, 0.5) is 0 Å². The fourth-order valence-corrected chi connectivity index (χ4v) is 9.15. The molecule has 0 aliphatic carbocycles. The largest absolute Gasteiger partial charge is 0.392 e. The molecule has 0 radical (unpaired) electrons. The number of aliphatic hydroxyl groups excluding tert-OH is 2. The van der Waals surface area contributed by atoms with Crippen LogP contribution in [0.15, 0.2) is 24.3 Å². The average Bonchev–Trinajstić information content (AvgIpc) is 3.27. The molecule has 2 amide bonds. The van der Waals surface area contributed by atoms with Gasteiger partial charge in [0, 0.05) is 52.1 Å². The van der Waals surface area contributed by atoms with Crippen molar-refractivity contribution < 1.29 is 19.8 Å². The summed E-state index contributed by atoms with van der Waals surface area (Å²) in [6, 6.07) is 0. The highest BCUT2D eigenvalue weighted by molar-refractivity contribution is 5.76. The number of hydrogen-bond acceptors (Lipinski definition) is 8. The molecule has 1 heterocycles. The Morgan fingerprint density at radius 2 is 0.806 bits per heavy atom. The van der Waals surface area contributed by atoms with Crippen molar-refractivity contribution in [2.24, 2.45) is 23.3 Å². The molecule has 62 heavy (non-hydrogen) atoms. The maximum atomic E-state index is 13.4. The van der Waals surface area contributed by atoms with E-state index >= 15 is 0 Å². The van der Waals surface area contributed by atoms with Gasteiger partial charge in [0.2, 0.25) is 11.8 Å². The molecular formula is C52H102N6O4. The van der Waals surface area contributed by atoms with E-state index in [9.17, 15) is 19.8 Å². The van der Waals surface area contributed by atoms with Crippen molar-refractivity contribution in [2.75, 3.05) is 39.3 Å². The zero-order valence-corrected chi connectivity index (χ0v) is 41.0. The Bertz CT molecular complexity index is 1020. The van der Waals surface area contributed by atoms with Crippen molar-refractivity contribution in [1.29, 1.82) is 0 Å². The Morgan fingerprint density at radius 3 is 1.11 bits per heavy atom. The van der Waals surface area contributed by atoms with E-state index in [0.717, 1.165) is 103 Å². The van der Waals surface area contributed by atoms with E-state index in [2.05, 4.69) is 72.4 Å². The molecular weight excluding hydrogens is 773 g/mol. The third kappa shape index (κ3) is 31.1. The number of nitrogens with zero attached hydrogens (tertiary/aromatic N) is 2. The lowest BCUT2D eigenvalue weighted by Gasteiger charge is -2.42. The fraction of sp³-hybridized carbons (Fsp3) is 0.885. The third-order valence-electron chi connectivity index (χ3n) is 13.1. The molecule has 10 heteroatoms. The van der Waals surface area contributed by atoms with Crippen LogP contribution in [0.2, 0.25) is 0 Å². The van der Waals surface area contributed by atoms with E-state index in [1.807, 2.05) is 0 Å². The van der Waals surface area contributed by atoms with Crippen molar-refractivity contribution in [3.05, 3.63) is 24.3 Å². The number of hydrogen-bond donors (Lipinski definition) is 6. The van der Waals surface area contributed by atoms with Crippen LogP contribution >= 0.6 is 0 Å². The summed E-state index contributed by atoms with van der Waals surface area (Å²) in [5.41, 5.74) is 11.6. The molecule has 6 atom stereocenters. The summed E-state index contributed by atoms with van der Waals surface area (Å²) in [7, 11) is 0. The summed E-state index contributed by atoms with van der Waals surface area (Å²) in [4.78, 5) is 31.6. The van der Waals surface area contributed by atoms with Crippen LogP contribution in [0.1, 0.15) is 220 Å². The number of nitrogens with one attached hydrogen (secondary N) is 2. The fourth-order valence-electron chi connectivity index (χ4n) is 9.15. The molecule has 6 unspecified atom stereocenters. The van der Waals surface area contributed by atoms with Crippen LogP contribution in [-0.2, 0) is 9.59 Å².